The van der Waals surface area contributed by atoms with Crippen molar-refractivity contribution in [1.82, 2.24) is 0 Å². The summed E-state index contributed by atoms with van der Waals surface area (Å²) >= 11 is 0. The maximum atomic E-state index is 11.9. The van der Waals surface area contributed by atoms with E-state index < -0.39 is 0 Å². The minimum atomic E-state index is -0.0439. The Labute approximate surface area is 113 Å². The third-order valence-corrected chi connectivity index (χ3v) is 2.89. The fourth-order valence-corrected chi connectivity index (χ4v) is 1.80. The zero-order valence-corrected chi connectivity index (χ0v) is 11.2. The lowest BCUT2D eigenvalue weighted by Gasteiger charge is -2.10. The molecule has 0 bridgehead atoms. The summed E-state index contributed by atoms with van der Waals surface area (Å²) in [6, 6.07) is 15.7. The van der Waals surface area contributed by atoms with Crippen molar-refractivity contribution in [3.63, 3.8) is 0 Å². The fraction of sp³-hybridized carbons (Fsp3) is 0.188. The van der Waals surface area contributed by atoms with E-state index in [4.69, 9.17) is 0 Å². The highest BCUT2D eigenvalue weighted by molar-refractivity contribution is 5.94. The van der Waals surface area contributed by atoms with Crippen LogP contribution in [-0.2, 0) is 4.79 Å². The number of carbonyl (C=O) groups is 1. The number of aryl methyl sites for hydroxylation is 2. The summed E-state index contributed by atoms with van der Waals surface area (Å²) in [4.78, 5) is 11.9. The monoisotopic (exact) mass is 254 g/mol. The van der Waals surface area contributed by atoms with Crippen LogP contribution in [-0.4, -0.2) is 12.5 Å². The minimum absolute atomic E-state index is 0.0439. The van der Waals surface area contributed by atoms with E-state index in [-0.39, 0.29) is 12.5 Å². The smallest absolute Gasteiger partial charge is 0.243 e. The average Bonchev–Trinajstić information content (AvgIpc) is 2.42. The number of amides is 1. The van der Waals surface area contributed by atoms with Gasteiger partial charge in [-0.15, -0.1) is 0 Å². The molecule has 19 heavy (non-hydrogen) atoms. The van der Waals surface area contributed by atoms with Gasteiger partial charge in [0.2, 0.25) is 5.91 Å². The summed E-state index contributed by atoms with van der Waals surface area (Å²) in [5.74, 6) is -0.0439. The molecule has 0 aliphatic rings. The second-order valence-corrected chi connectivity index (χ2v) is 4.59. The first-order chi connectivity index (χ1) is 9.15. The molecule has 2 rings (SSSR count). The topological polar surface area (TPSA) is 41.1 Å². The maximum absolute atomic E-state index is 11.9. The van der Waals surface area contributed by atoms with Gasteiger partial charge in [-0.25, -0.2) is 0 Å². The Kier molecular flexibility index (Phi) is 4.18. The second-order valence-electron chi connectivity index (χ2n) is 4.59. The Morgan fingerprint density at radius 3 is 2.53 bits per heavy atom. The molecule has 0 saturated heterocycles. The SMILES string of the molecule is Cc1ccc(C)c(NC(=O)CNc2ccccc2)c1. The van der Waals surface area contributed by atoms with Gasteiger partial charge in [0.05, 0.1) is 6.54 Å². The van der Waals surface area contributed by atoms with Gasteiger partial charge < -0.3 is 10.6 Å². The highest BCUT2D eigenvalue weighted by Gasteiger charge is 2.04. The predicted molar refractivity (Wildman–Crippen MR) is 79.5 cm³/mol. The molecule has 0 saturated carbocycles. The third kappa shape index (κ3) is 3.85. The molecule has 2 aromatic rings. The molecule has 3 nitrogen and oxygen atoms in total. The van der Waals surface area contributed by atoms with Gasteiger partial charge >= 0.3 is 0 Å². The molecular weight excluding hydrogens is 236 g/mol. The van der Waals surface area contributed by atoms with Crippen LogP contribution in [0.2, 0.25) is 0 Å². The van der Waals surface area contributed by atoms with Crippen molar-refractivity contribution >= 4 is 17.3 Å². The molecule has 1 amide bonds. The highest BCUT2D eigenvalue weighted by atomic mass is 16.1. The zero-order chi connectivity index (χ0) is 13.7. The Bertz CT molecular complexity index is 564. The normalized spacial score (nSPS) is 10.0. The van der Waals surface area contributed by atoms with E-state index in [9.17, 15) is 4.79 Å². The van der Waals surface area contributed by atoms with E-state index in [1.54, 1.807) is 0 Å². The molecule has 0 unspecified atom stereocenters. The number of anilines is 2. The molecule has 2 aromatic carbocycles. The van der Waals surface area contributed by atoms with E-state index >= 15 is 0 Å². The van der Waals surface area contributed by atoms with Gasteiger partial charge in [0, 0.05) is 11.4 Å². The average molecular weight is 254 g/mol. The summed E-state index contributed by atoms with van der Waals surface area (Å²) in [5, 5.41) is 6.01. The second kappa shape index (κ2) is 6.05. The van der Waals surface area contributed by atoms with E-state index in [1.807, 2.05) is 62.4 Å². The lowest BCUT2D eigenvalue weighted by atomic mass is 10.1. The van der Waals surface area contributed by atoms with Gasteiger partial charge in [-0.05, 0) is 43.2 Å². The molecule has 0 spiro atoms. The van der Waals surface area contributed by atoms with Crippen molar-refractivity contribution in [1.29, 1.82) is 0 Å². The molecule has 98 valence electrons. The van der Waals surface area contributed by atoms with Gasteiger partial charge in [-0.1, -0.05) is 30.3 Å². The van der Waals surface area contributed by atoms with Crippen molar-refractivity contribution < 1.29 is 4.79 Å². The van der Waals surface area contributed by atoms with E-state index in [2.05, 4.69) is 10.6 Å². The number of hydrogen-bond acceptors (Lipinski definition) is 2. The lowest BCUT2D eigenvalue weighted by molar-refractivity contribution is -0.114. The van der Waals surface area contributed by atoms with Crippen LogP contribution in [0.15, 0.2) is 48.5 Å². The van der Waals surface area contributed by atoms with Gasteiger partial charge in [0.25, 0.3) is 0 Å². The molecule has 0 aromatic heterocycles. The number of rotatable bonds is 4. The van der Waals surface area contributed by atoms with Gasteiger partial charge in [0.15, 0.2) is 0 Å². The van der Waals surface area contributed by atoms with Crippen molar-refractivity contribution in [3.05, 3.63) is 59.7 Å². The third-order valence-electron chi connectivity index (χ3n) is 2.89. The predicted octanol–water partition coefficient (Wildman–Crippen LogP) is 3.35. The Balaban J connectivity index is 1.93. The summed E-state index contributed by atoms with van der Waals surface area (Å²) in [6.07, 6.45) is 0. The molecule has 0 heterocycles. The largest absolute Gasteiger partial charge is 0.376 e. The number of hydrogen-bond donors (Lipinski definition) is 2. The van der Waals surface area contributed by atoms with Crippen LogP contribution in [0.1, 0.15) is 11.1 Å². The molecule has 0 fully saturated rings. The summed E-state index contributed by atoms with van der Waals surface area (Å²) in [5.41, 5.74) is 4.02. The standard InChI is InChI=1S/C16H18N2O/c1-12-8-9-13(2)15(10-12)18-16(19)11-17-14-6-4-3-5-7-14/h3-10,17H,11H2,1-2H3,(H,18,19). The van der Waals surface area contributed by atoms with Gasteiger partial charge in [0.1, 0.15) is 0 Å². The number of carbonyl (C=O) groups excluding carboxylic acids is 1. The summed E-state index contributed by atoms with van der Waals surface area (Å²) in [7, 11) is 0. The minimum Gasteiger partial charge on any atom is -0.376 e. The molecular formula is C16H18N2O. The number of benzene rings is 2. The molecule has 2 N–H and O–H groups in total. The van der Waals surface area contributed by atoms with Crippen LogP contribution in [0.5, 0.6) is 0 Å². The summed E-state index contributed by atoms with van der Waals surface area (Å²) < 4.78 is 0. The van der Waals surface area contributed by atoms with E-state index in [0.29, 0.717) is 0 Å². The first-order valence-electron chi connectivity index (χ1n) is 6.31. The highest BCUT2D eigenvalue weighted by Crippen LogP contribution is 2.16. The lowest BCUT2D eigenvalue weighted by Crippen LogP contribution is -2.22. The Hall–Kier alpha value is -2.29. The molecule has 0 aliphatic carbocycles. The van der Waals surface area contributed by atoms with Crippen LogP contribution in [0.25, 0.3) is 0 Å². The summed E-state index contributed by atoms with van der Waals surface area (Å²) in [6.45, 7) is 4.26. The van der Waals surface area contributed by atoms with Crippen molar-refractivity contribution in [3.8, 4) is 0 Å². The maximum Gasteiger partial charge on any atom is 0.243 e. The number of para-hydroxylation sites is 1. The fourth-order valence-electron chi connectivity index (χ4n) is 1.80. The van der Waals surface area contributed by atoms with E-state index in [1.165, 1.54) is 0 Å². The van der Waals surface area contributed by atoms with Gasteiger partial charge in [-0.3, -0.25) is 4.79 Å². The van der Waals surface area contributed by atoms with Crippen LogP contribution in [0.3, 0.4) is 0 Å². The first-order valence-corrected chi connectivity index (χ1v) is 6.31. The van der Waals surface area contributed by atoms with Crippen molar-refractivity contribution in [2.24, 2.45) is 0 Å². The van der Waals surface area contributed by atoms with Crippen LogP contribution in [0.4, 0.5) is 11.4 Å². The molecule has 3 heteroatoms. The van der Waals surface area contributed by atoms with Gasteiger partial charge in [-0.2, -0.15) is 0 Å². The zero-order valence-electron chi connectivity index (χ0n) is 11.2. The first kappa shape index (κ1) is 13.1. The van der Waals surface area contributed by atoms with Crippen LogP contribution < -0.4 is 10.6 Å². The molecule has 0 radical (unpaired) electrons. The molecule has 0 atom stereocenters. The van der Waals surface area contributed by atoms with Crippen LogP contribution in [0, 0.1) is 13.8 Å². The van der Waals surface area contributed by atoms with Crippen LogP contribution >= 0.6 is 0 Å². The van der Waals surface area contributed by atoms with Crippen molar-refractivity contribution in [2.45, 2.75) is 13.8 Å². The number of nitrogens with one attached hydrogen (secondary N) is 2. The Morgan fingerprint density at radius 1 is 1.05 bits per heavy atom. The van der Waals surface area contributed by atoms with E-state index in [0.717, 1.165) is 22.5 Å². The molecule has 0 aliphatic heterocycles. The quantitative estimate of drug-likeness (QED) is 0.878. The van der Waals surface area contributed by atoms with Crippen molar-refractivity contribution in [2.75, 3.05) is 17.2 Å². The Morgan fingerprint density at radius 2 is 1.79 bits per heavy atom.